The average molecular weight is 165 g/mol. The van der Waals surface area contributed by atoms with Crippen LogP contribution in [0.1, 0.15) is 19.5 Å². The molecule has 12 heavy (non-hydrogen) atoms. The number of hydrogen-bond donors (Lipinski definition) is 2. The van der Waals surface area contributed by atoms with Crippen LogP contribution in [0.5, 0.6) is 0 Å². The van der Waals surface area contributed by atoms with Crippen molar-refractivity contribution in [1.29, 1.82) is 0 Å². The highest BCUT2D eigenvalue weighted by atomic mass is 14.9. The zero-order valence-electron chi connectivity index (χ0n) is 7.54. The summed E-state index contributed by atoms with van der Waals surface area (Å²) in [5.74, 6) is 0. The van der Waals surface area contributed by atoms with Gasteiger partial charge in [0, 0.05) is 18.8 Å². The van der Waals surface area contributed by atoms with E-state index in [1.54, 1.807) is 6.20 Å². The Labute approximate surface area is 73.0 Å². The van der Waals surface area contributed by atoms with Crippen LogP contribution in [0.2, 0.25) is 0 Å². The molecule has 1 heterocycles. The molecule has 0 bridgehead atoms. The predicted octanol–water partition coefficient (Wildman–Crippen LogP) is 1.36. The molecule has 0 atom stereocenters. The highest BCUT2D eigenvalue weighted by molar-refractivity contribution is 5.47. The number of anilines is 1. The van der Waals surface area contributed by atoms with Gasteiger partial charge < -0.3 is 11.1 Å². The molecule has 0 fully saturated rings. The zero-order chi connectivity index (χ0) is 8.97. The average Bonchev–Trinajstić information content (AvgIpc) is 2.04. The number of rotatable bonds is 3. The Balaban J connectivity index is 2.82. The molecule has 1 aromatic rings. The summed E-state index contributed by atoms with van der Waals surface area (Å²) in [5.41, 5.74) is 7.48. The van der Waals surface area contributed by atoms with Gasteiger partial charge in [0.2, 0.25) is 0 Å². The lowest BCUT2D eigenvalue weighted by Crippen LogP contribution is -2.13. The molecule has 0 aromatic carbocycles. The number of pyridine rings is 1. The zero-order valence-corrected chi connectivity index (χ0v) is 7.54. The smallest absolute Gasteiger partial charge is 0.0770 e. The van der Waals surface area contributed by atoms with Gasteiger partial charge in [0.05, 0.1) is 11.4 Å². The van der Waals surface area contributed by atoms with Crippen molar-refractivity contribution in [2.75, 3.05) is 5.32 Å². The van der Waals surface area contributed by atoms with E-state index in [0.29, 0.717) is 12.6 Å². The minimum absolute atomic E-state index is 0.416. The molecule has 0 aliphatic heterocycles. The summed E-state index contributed by atoms with van der Waals surface area (Å²) in [6.07, 6.45) is 1.76. The molecule has 0 spiro atoms. The van der Waals surface area contributed by atoms with E-state index in [9.17, 15) is 0 Å². The first kappa shape index (κ1) is 9.00. The second-order valence-corrected chi connectivity index (χ2v) is 3.00. The van der Waals surface area contributed by atoms with Crippen LogP contribution in [0.25, 0.3) is 0 Å². The second-order valence-electron chi connectivity index (χ2n) is 3.00. The minimum Gasteiger partial charge on any atom is -0.381 e. The lowest BCUT2D eigenvalue weighted by molar-refractivity contribution is 0.883. The number of nitrogens with zero attached hydrogens (tertiary/aromatic N) is 1. The third-order valence-electron chi connectivity index (χ3n) is 1.53. The first-order chi connectivity index (χ1) is 5.74. The molecule has 0 unspecified atom stereocenters. The summed E-state index contributed by atoms with van der Waals surface area (Å²) >= 11 is 0. The number of nitrogens with one attached hydrogen (secondary N) is 1. The SMILES string of the molecule is CC(C)Nc1cccnc1CN. The monoisotopic (exact) mass is 165 g/mol. The molecule has 3 N–H and O–H groups in total. The molecule has 1 rings (SSSR count). The molecule has 3 nitrogen and oxygen atoms in total. The van der Waals surface area contributed by atoms with Gasteiger partial charge in [0.1, 0.15) is 0 Å². The fraction of sp³-hybridized carbons (Fsp3) is 0.444. The molecule has 0 amide bonds. The Kier molecular flexibility index (Phi) is 3.05. The van der Waals surface area contributed by atoms with Crippen molar-refractivity contribution in [3.8, 4) is 0 Å². The van der Waals surface area contributed by atoms with Crippen molar-refractivity contribution in [2.45, 2.75) is 26.4 Å². The standard InChI is InChI=1S/C9H15N3/c1-7(2)12-8-4-3-5-11-9(8)6-10/h3-5,7,12H,6,10H2,1-2H3. The molecule has 0 radical (unpaired) electrons. The van der Waals surface area contributed by atoms with Crippen LogP contribution >= 0.6 is 0 Å². The van der Waals surface area contributed by atoms with Gasteiger partial charge in [-0.3, -0.25) is 4.98 Å². The van der Waals surface area contributed by atoms with Gasteiger partial charge in [-0.25, -0.2) is 0 Å². The van der Waals surface area contributed by atoms with Crippen LogP contribution in [0.4, 0.5) is 5.69 Å². The molecular weight excluding hydrogens is 150 g/mol. The van der Waals surface area contributed by atoms with Crippen LogP contribution in [-0.4, -0.2) is 11.0 Å². The van der Waals surface area contributed by atoms with Crippen molar-refractivity contribution in [2.24, 2.45) is 5.73 Å². The van der Waals surface area contributed by atoms with Crippen molar-refractivity contribution in [3.05, 3.63) is 24.0 Å². The van der Waals surface area contributed by atoms with E-state index in [4.69, 9.17) is 5.73 Å². The summed E-state index contributed by atoms with van der Waals surface area (Å²) in [6.45, 7) is 4.66. The first-order valence-electron chi connectivity index (χ1n) is 4.14. The van der Waals surface area contributed by atoms with E-state index < -0.39 is 0 Å². The van der Waals surface area contributed by atoms with Crippen LogP contribution in [-0.2, 0) is 6.54 Å². The fourth-order valence-electron chi connectivity index (χ4n) is 1.04. The van der Waals surface area contributed by atoms with Crippen LogP contribution < -0.4 is 11.1 Å². The van der Waals surface area contributed by atoms with Gasteiger partial charge in [-0.05, 0) is 26.0 Å². The van der Waals surface area contributed by atoms with Crippen molar-refractivity contribution < 1.29 is 0 Å². The predicted molar refractivity (Wildman–Crippen MR) is 50.9 cm³/mol. The summed E-state index contributed by atoms with van der Waals surface area (Å²) in [5, 5.41) is 3.28. The molecular formula is C9H15N3. The third-order valence-corrected chi connectivity index (χ3v) is 1.53. The van der Waals surface area contributed by atoms with E-state index in [1.165, 1.54) is 0 Å². The Morgan fingerprint density at radius 2 is 2.33 bits per heavy atom. The number of aromatic nitrogens is 1. The van der Waals surface area contributed by atoms with E-state index in [-0.39, 0.29) is 0 Å². The molecule has 0 aliphatic rings. The highest BCUT2D eigenvalue weighted by Crippen LogP contribution is 2.11. The maximum absolute atomic E-state index is 5.52. The maximum atomic E-state index is 5.52. The summed E-state index contributed by atoms with van der Waals surface area (Å²) < 4.78 is 0. The largest absolute Gasteiger partial charge is 0.381 e. The molecule has 3 heteroatoms. The molecule has 66 valence electrons. The molecule has 0 saturated heterocycles. The Morgan fingerprint density at radius 3 is 2.92 bits per heavy atom. The third kappa shape index (κ3) is 2.20. The summed E-state index contributed by atoms with van der Waals surface area (Å²) in [6, 6.07) is 4.32. The van der Waals surface area contributed by atoms with Crippen LogP contribution in [0, 0.1) is 0 Å². The highest BCUT2D eigenvalue weighted by Gasteiger charge is 2.00. The normalized spacial score (nSPS) is 10.3. The Morgan fingerprint density at radius 1 is 1.58 bits per heavy atom. The Hall–Kier alpha value is -1.09. The van der Waals surface area contributed by atoms with Crippen LogP contribution in [0.15, 0.2) is 18.3 Å². The van der Waals surface area contributed by atoms with Gasteiger partial charge in [-0.2, -0.15) is 0 Å². The van der Waals surface area contributed by atoms with Crippen LogP contribution in [0.3, 0.4) is 0 Å². The summed E-state index contributed by atoms with van der Waals surface area (Å²) in [4.78, 5) is 4.16. The van der Waals surface area contributed by atoms with E-state index in [0.717, 1.165) is 11.4 Å². The van der Waals surface area contributed by atoms with E-state index >= 15 is 0 Å². The quantitative estimate of drug-likeness (QED) is 0.711. The Bertz CT molecular complexity index is 245. The van der Waals surface area contributed by atoms with Gasteiger partial charge in [0.25, 0.3) is 0 Å². The van der Waals surface area contributed by atoms with Gasteiger partial charge in [-0.15, -0.1) is 0 Å². The first-order valence-corrected chi connectivity index (χ1v) is 4.14. The fourth-order valence-corrected chi connectivity index (χ4v) is 1.04. The molecule has 0 aliphatic carbocycles. The topological polar surface area (TPSA) is 50.9 Å². The summed E-state index contributed by atoms with van der Waals surface area (Å²) in [7, 11) is 0. The molecule has 1 aromatic heterocycles. The van der Waals surface area contributed by atoms with Crippen molar-refractivity contribution in [3.63, 3.8) is 0 Å². The van der Waals surface area contributed by atoms with E-state index in [2.05, 4.69) is 24.1 Å². The lowest BCUT2D eigenvalue weighted by Gasteiger charge is -2.12. The molecule has 0 saturated carbocycles. The van der Waals surface area contributed by atoms with E-state index in [1.807, 2.05) is 12.1 Å². The minimum atomic E-state index is 0.416. The lowest BCUT2D eigenvalue weighted by atomic mass is 10.2. The second kappa shape index (κ2) is 4.07. The number of nitrogens with two attached hydrogens (primary N) is 1. The van der Waals surface area contributed by atoms with Gasteiger partial charge >= 0.3 is 0 Å². The number of hydrogen-bond acceptors (Lipinski definition) is 3. The maximum Gasteiger partial charge on any atom is 0.0770 e. The van der Waals surface area contributed by atoms with Gasteiger partial charge in [0.15, 0.2) is 0 Å². The van der Waals surface area contributed by atoms with Crippen molar-refractivity contribution in [1.82, 2.24) is 4.98 Å². The van der Waals surface area contributed by atoms with Gasteiger partial charge in [-0.1, -0.05) is 0 Å². The van der Waals surface area contributed by atoms with Crippen molar-refractivity contribution >= 4 is 5.69 Å².